The van der Waals surface area contributed by atoms with Crippen LogP contribution in [-0.4, -0.2) is 16.0 Å². The maximum Gasteiger partial charge on any atom is 0.256 e. The van der Waals surface area contributed by atoms with Crippen molar-refractivity contribution in [1.29, 1.82) is 0 Å². The van der Waals surface area contributed by atoms with Crippen LogP contribution in [0.5, 0.6) is 0 Å². The summed E-state index contributed by atoms with van der Waals surface area (Å²) in [7, 11) is 0. The summed E-state index contributed by atoms with van der Waals surface area (Å²) in [5.74, 6) is 1.52. The molecule has 0 aliphatic heterocycles. The molecule has 4 aromatic rings. The third-order valence-corrected chi connectivity index (χ3v) is 5.15. The van der Waals surface area contributed by atoms with Gasteiger partial charge in [0.25, 0.3) is 5.91 Å². The molecule has 4 rings (SSSR count). The summed E-state index contributed by atoms with van der Waals surface area (Å²) < 4.78 is 5.15. The molecule has 0 bridgehead atoms. The first kappa shape index (κ1) is 17.3. The SMILES string of the molecule is Cc1noc(CSc2ccccc2C(=O)Nc2cccc3ccccc23)n1. The zero-order valence-corrected chi connectivity index (χ0v) is 15.5. The number of benzene rings is 3. The third kappa shape index (κ3) is 3.85. The van der Waals surface area contributed by atoms with Gasteiger partial charge in [-0.15, -0.1) is 11.8 Å². The predicted molar refractivity (Wildman–Crippen MR) is 107 cm³/mol. The first-order chi connectivity index (χ1) is 13.2. The Bertz CT molecular complexity index is 1100. The summed E-state index contributed by atoms with van der Waals surface area (Å²) in [5.41, 5.74) is 1.41. The van der Waals surface area contributed by atoms with Gasteiger partial charge in [-0.2, -0.15) is 4.98 Å². The van der Waals surface area contributed by atoms with E-state index in [1.165, 1.54) is 11.8 Å². The van der Waals surface area contributed by atoms with E-state index in [9.17, 15) is 4.79 Å². The van der Waals surface area contributed by atoms with E-state index in [0.717, 1.165) is 21.4 Å². The summed E-state index contributed by atoms with van der Waals surface area (Å²) in [6.07, 6.45) is 0. The molecule has 0 unspecified atom stereocenters. The van der Waals surface area contributed by atoms with Crippen molar-refractivity contribution >= 4 is 34.1 Å². The number of hydrogen-bond donors (Lipinski definition) is 1. The number of thioether (sulfide) groups is 1. The normalized spacial score (nSPS) is 10.9. The summed E-state index contributed by atoms with van der Waals surface area (Å²) in [4.78, 5) is 18.0. The smallest absolute Gasteiger partial charge is 0.256 e. The fourth-order valence-corrected chi connectivity index (χ4v) is 3.73. The maximum atomic E-state index is 12.9. The lowest BCUT2D eigenvalue weighted by Crippen LogP contribution is -2.13. The minimum atomic E-state index is -0.142. The van der Waals surface area contributed by atoms with E-state index in [-0.39, 0.29) is 5.91 Å². The molecule has 0 aliphatic rings. The Hall–Kier alpha value is -3.12. The van der Waals surface area contributed by atoms with Crippen LogP contribution in [0.2, 0.25) is 0 Å². The molecule has 134 valence electrons. The molecule has 0 aliphatic carbocycles. The average molecular weight is 375 g/mol. The zero-order chi connectivity index (χ0) is 18.6. The minimum absolute atomic E-state index is 0.142. The number of rotatable bonds is 5. The van der Waals surface area contributed by atoms with Crippen LogP contribution in [0, 0.1) is 6.92 Å². The van der Waals surface area contributed by atoms with E-state index in [4.69, 9.17) is 4.52 Å². The standard InChI is InChI=1S/C21H17N3O2S/c1-14-22-20(26-24-14)13-27-19-12-5-4-10-17(19)21(25)23-18-11-6-8-15-7-2-3-9-16(15)18/h2-12H,13H2,1H3,(H,23,25). The first-order valence-electron chi connectivity index (χ1n) is 8.51. The molecule has 0 radical (unpaired) electrons. The van der Waals surface area contributed by atoms with Crippen LogP contribution in [-0.2, 0) is 5.75 Å². The lowest BCUT2D eigenvalue weighted by Gasteiger charge is -2.11. The van der Waals surface area contributed by atoms with Crippen LogP contribution < -0.4 is 5.32 Å². The van der Waals surface area contributed by atoms with Gasteiger partial charge in [0, 0.05) is 16.0 Å². The van der Waals surface area contributed by atoms with Gasteiger partial charge >= 0.3 is 0 Å². The van der Waals surface area contributed by atoms with Crippen molar-refractivity contribution in [2.24, 2.45) is 0 Å². The van der Waals surface area contributed by atoms with Crippen LogP contribution in [0.1, 0.15) is 22.1 Å². The summed E-state index contributed by atoms with van der Waals surface area (Å²) in [5, 5.41) is 8.93. The van der Waals surface area contributed by atoms with Crippen molar-refractivity contribution in [3.8, 4) is 0 Å². The van der Waals surface area contributed by atoms with Gasteiger partial charge < -0.3 is 9.84 Å². The van der Waals surface area contributed by atoms with Crippen molar-refractivity contribution in [3.05, 3.63) is 84.0 Å². The van der Waals surface area contributed by atoms with Crippen LogP contribution in [0.3, 0.4) is 0 Å². The van der Waals surface area contributed by atoms with Crippen molar-refractivity contribution in [1.82, 2.24) is 10.1 Å². The van der Waals surface area contributed by atoms with Gasteiger partial charge in [-0.3, -0.25) is 4.79 Å². The van der Waals surface area contributed by atoms with Crippen molar-refractivity contribution in [2.45, 2.75) is 17.6 Å². The number of carbonyl (C=O) groups is 1. The molecule has 1 N–H and O–H groups in total. The fourth-order valence-electron chi connectivity index (χ4n) is 2.84. The molecular weight excluding hydrogens is 358 g/mol. The number of aryl methyl sites for hydroxylation is 1. The third-order valence-electron chi connectivity index (χ3n) is 4.09. The van der Waals surface area contributed by atoms with Gasteiger partial charge in [-0.1, -0.05) is 53.7 Å². The average Bonchev–Trinajstić information content (AvgIpc) is 3.12. The molecule has 6 heteroatoms. The van der Waals surface area contributed by atoms with Gasteiger partial charge in [-0.25, -0.2) is 0 Å². The topological polar surface area (TPSA) is 68.0 Å². The Morgan fingerprint density at radius 2 is 1.81 bits per heavy atom. The van der Waals surface area contributed by atoms with Crippen molar-refractivity contribution in [3.63, 3.8) is 0 Å². The first-order valence-corrected chi connectivity index (χ1v) is 9.49. The van der Waals surface area contributed by atoms with E-state index >= 15 is 0 Å². The quantitative estimate of drug-likeness (QED) is 0.493. The van der Waals surface area contributed by atoms with Gasteiger partial charge in [0.2, 0.25) is 5.89 Å². The Morgan fingerprint density at radius 1 is 1.04 bits per heavy atom. The Balaban J connectivity index is 1.56. The molecule has 1 aromatic heterocycles. The predicted octanol–water partition coefficient (Wildman–Crippen LogP) is 5.08. The number of carbonyl (C=O) groups excluding carboxylic acids is 1. The lowest BCUT2D eigenvalue weighted by molar-refractivity contribution is 0.102. The van der Waals surface area contributed by atoms with E-state index in [1.54, 1.807) is 6.92 Å². The lowest BCUT2D eigenvalue weighted by atomic mass is 10.1. The van der Waals surface area contributed by atoms with Gasteiger partial charge in [0.1, 0.15) is 0 Å². The Kier molecular flexibility index (Phi) is 4.89. The van der Waals surface area contributed by atoms with E-state index in [2.05, 4.69) is 15.5 Å². The number of anilines is 1. The number of hydrogen-bond acceptors (Lipinski definition) is 5. The Labute approximate surface area is 160 Å². The number of amides is 1. The maximum absolute atomic E-state index is 12.9. The van der Waals surface area contributed by atoms with Crippen LogP contribution in [0.15, 0.2) is 76.1 Å². The van der Waals surface area contributed by atoms with Crippen LogP contribution >= 0.6 is 11.8 Å². The molecule has 27 heavy (non-hydrogen) atoms. The van der Waals surface area contributed by atoms with E-state index in [0.29, 0.717) is 23.0 Å². The number of nitrogens with zero attached hydrogens (tertiary/aromatic N) is 2. The molecule has 3 aromatic carbocycles. The fraction of sp³-hybridized carbons (Fsp3) is 0.0952. The minimum Gasteiger partial charge on any atom is -0.338 e. The second kappa shape index (κ2) is 7.63. The molecule has 5 nitrogen and oxygen atoms in total. The molecular formula is C21H17N3O2S. The highest BCUT2D eigenvalue weighted by Crippen LogP contribution is 2.28. The molecule has 0 atom stereocenters. The highest BCUT2D eigenvalue weighted by Gasteiger charge is 2.14. The highest BCUT2D eigenvalue weighted by molar-refractivity contribution is 7.98. The van der Waals surface area contributed by atoms with Crippen LogP contribution in [0.4, 0.5) is 5.69 Å². The number of aromatic nitrogens is 2. The van der Waals surface area contributed by atoms with E-state index < -0.39 is 0 Å². The number of nitrogens with one attached hydrogen (secondary N) is 1. The second-order valence-electron chi connectivity index (χ2n) is 6.00. The summed E-state index contributed by atoms with van der Waals surface area (Å²) in [6, 6.07) is 21.4. The van der Waals surface area contributed by atoms with Gasteiger partial charge in [0.05, 0.1) is 11.3 Å². The molecule has 0 saturated carbocycles. The van der Waals surface area contributed by atoms with E-state index in [1.807, 2.05) is 66.7 Å². The number of fused-ring (bicyclic) bond motifs is 1. The molecule has 1 amide bonds. The molecule has 0 fully saturated rings. The van der Waals surface area contributed by atoms with Gasteiger partial charge in [-0.05, 0) is 30.5 Å². The molecule has 0 spiro atoms. The van der Waals surface area contributed by atoms with Crippen LogP contribution in [0.25, 0.3) is 10.8 Å². The van der Waals surface area contributed by atoms with Crippen molar-refractivity contribution < 1.29 is 9.32 Å². The molecule has 1 heterocycles. The zero-order valence-electron chi connectivity index (χ0n) is 14.7. The highest BCUT2D eigenvalue weighted by atomic mass is 32.2. The van der Waals surface area contributed by atoms with Gasteiger partial charge in [0.15, 0.2) is 5.82 Å². The second-order valence-corrected chi connectivity index (χ2v) is 7.02. The Morgan fingerprint density at radius 3 is 2.67 bits per heavy atom. The largest absolute Gasteiger partial charge is 0.338 e. The summed E-state index contributed by atoms with van der Waals surface area (Å²) in [6.45, 7) is 1.78. The summed E-state index contributed by atoms with van der Waals surface area (Å²) >= 11 is 1.50. The monoisotopic (exact) mass is 375 g/mol. The molecule has 0 saturated heterocycles. The van der Waals surface area contributed by atoms with Crippen molar-refractivity contribution in [2.75, 3.05) is 5.32 Å².